The van der Waals surface area contributed by atoms with Gasteiger partial charge in [0.05, 0.1) is 17.9 Å². The summed E-state index contributed by atoms with van der Waals surface area (Å²) in [4.78, 5) is 22.4. The van der Waals surface area contributed by atoms with Gasteiger partial charge in [-0.05, 0) is 12.1 Å². The van der Waals surface area contributed by atoms with E-state index < -0.39 is 0 Å². The molecular formula is C11H15N3O2. The van der Waals surface area contributed by atoms with Crippen molar-refractivity contribution in [1.82, 2.24) is 0 Å². The van der Waals surface area contributed by atoms with Crippen molar-refractivity contribution >= 4 is 23.2 Å². The summed E-state index contributed by atoms with van der Waals surface area (Å²) in [5.74, 6) is -0.396. The van der Waals surface area contributed by atoms with Crippen LogP contribution in [0.4, 0.5) is 11.4 Å². The molecule has 0 fully saturated rings. The van der Waals surface area contributed by atoms with Crippen LogP contribution in [0, 0.1) is 0 Å². The molecule has 0 radical (unpaired) electrons. The lowest BCUT2D eigenvalue weighted by atomic mass is 10.2. The molecule has 0 atom stereocenters. The molecule has 0 aliphatic rings. The predicted octanol–water partition coefficient (Wildman–Crippen LogP) is 0.932. The van der Waals surface area contributed by atoms with E-state index >= 15 is 0 Å². The molecule has 1 aromatic carbocycles. The third-order valence-corrected chi connectivity index (χ3v) is 1.98. The van der Waals surface area contributed by atoms with E-state index in [1.54, 1.807) is 31.2 Å². The van der Waals surface area contributed by atoms with Crippen LogP contribution in [0.1, 0.15) is 13.3 Å². The third kappa shape index (κ3) is 3.36. The summed E-state index contributed by atoms with van der Waals surface area (Å²) < 4.78 is 0. The first-order valence-corrected chi connectivity index (χ1v) is 5.06. The third-order valence-electron chi connectivity index (χ3n) is 1.98. The number of carbonyl (C=O) groups excluding carboxylic acids is 2. The van der Waals surface area contributed by atoms with E-state index in [0.29, 0.717) is 17.8 Å². The van der Waals surface area contributed by atoms with E-state index in [1.807, 2.05) is 0 Å². The molecule has 0 aromatic heterocycles. The second-order valence-corrected chi connectivity index (χ2v) is 3.20. The van der Waals surface area contributed by atoms with Crippen LogP contribution in [0.5, 0.6) is 0 Å². The van der Waals surface area contributed by atoms with Gasteiger partial charge in [0.25, 0.3) is 0 Å². The maximum Gasteiger partial charge on any atom is 0.238 e. The summed E-state index contributed by atoms with van der Waals surface area (Å²) in [6, 6.07) is 6.98. The van der Waals surface area contributed by atoms with Crippen molar-refractivity contribution in [1.29, 1.82) is 0 Å². The zero-order chi connectivity index (χ0) is 12.0. The molecule has 0 saturated heterocycles. The minimum Gasteiger partial charge on any atom is -0.324 e. The average Bonchev–Trinajstić information content (AvgIpc) is 2.31. The molecule has 4 N–H and O–H groups in total. The summed E-state index contributed by atoms with van der Waals surface area (Å²) >= 11 is 0. The number of hydrogen-bond donors (Lipinski definition) is 3. The Hall–Kier alpha value is -1.88. The number of hydrogen-bond acceptors (Lipinski definition) is 3. The largest absolute Gasteiger partial charge is 0.324 e. The Labute approximate surface area is 94.0 Å². The van der Waals surface area contributed by atoms with Crippen LogP contribution in [-0.2, 0) is 9.59 Å². The van der Waals surface area contributed by atoms with E-state index in [1.165, 1.54) is 0 Å². The molecule has 0 spiro atoms. The van der Waals surface area contributed by atoms with Gasteiger partial charge >= 0.3 is 0 Å². The lowest BCUT2D eigenvalue weighted by Gasteiger charge is -2.10. The van der Waals surface area contributed by atoms with Crippen molar-refractivity contribution in [2.45, 2.75) is 13.3 Å². The molecule has 0 bridgehead atoms. The minimum absolute atomic E-state index is 0.0872. The van der Waals surface area contributed by atoms with Gasteiger partial charge in [0.2, 0.25) is 11.8 Å². The van der Waals surface area contributed by atoms with Crippen LogP contribution in [0.3, 0.4) is 0 Å². The molecule has 86 valence electrons. The first kappa shape index (κ1) is 12.2. The number of rotatable bonds is 4. The van der Waals surface area contributed by atoms with Gasteiger partial charge in [-0.15, -0.1) is 0 Å². The zero-order valence-corrected chi connectivity index (χ0v) is 9.12. The summed E-state index contributed by atoms with van der Waals surface area (Å²) in [6.45, 7) is 1.67. The molecule has 1 aromatic rings. The lowest BCUT2D eigenvalue weighted by Crippen LogP contribution is -2.23. The predicted molar refractivity (Wildman–Crippen MR) is 63.0 cm³/mol. The highest BCUT2D eigenvalue weighted by Crippen LogP contribution is 2.20. The Kier molecular flexibility index (Phi) is 4.47. The molecule has 0 aliphatic heterocycles. The molecule has 0 aliphatic carbocycles. The second kappa shape index (κ2) is 5.87. The highest BCUT2D eigenvalue weighted by atomic mass is 16.2. The number of nitrogens with two attached hydrogens (primary N) is 1. The van der Waals surface area contributed by atoms with E-state index in [-0.39, 0.29) is 18.4 Å². The fourth-order valence-electron chi connectivity index (χ4n) is 1.14. The topological polar surface area (TPSA) is 84.2 Å². The maximum atomic E-state index is 11.2. The number of benzene rings is 1. The highest BCUT2D eigenvalue weighted by molar-refractivity contribution is 5.99. The Morgan fingerprint density at radius 1 is 1.12 bits per heavy atom. The zero-order valence-electron chi connectivity index (χ0n) is 9.12. The molecule has 0 saturated carbocycles. The van der Waals surface area contributed by atoms with Gasteiger partial charge in [0, 0.05) is 6.42 Å². The lowest BCUT2D eigenvalue weighted by molar-refractivity contribution is -0.116. The molecular weight excluding hydrogens is 206 g/mol. The summed E-state index contributed by atoms with van der Waals surface area (Å²) in [5, 5.41) is 5.31. The SMILES string of the molecule is CCC(=O)Nc1ccccc1NC(=O)CN. The van der Waals surface area contributed by atoms with Gasteiger partial charge in [-0.25, -0.2) is 0 Å². The van der Waals surface area contributed by atoms with Crippen LogP contribution < -0.4 is 16.4 Å². The number of carbonyl (C=O) groups is 2. The van der Waals surface area contributed by atoms with Crippen LogP contribution in [0.2, 0.25) is 0 Å². The average molecular weight is 221 g/mol. The van der Waals surface area contributed by atoms with Crippen LogP contribution >= 0.6 is 0 Å². The van der Waals surface area contributed by atoms with Crippen LogP contribution in [0.15, 0.2) is 24.3 Å². The van der Waals surface area contributed by atoms with Gasteiger partial charge < -0.3 is 16.4 Å². The quantitative estimate of drug-likeness (QED) is 0.707. The fraction of sp³-hybridized carbons (Fsp3) is 0.273. The first-order valence-electron chi connectivity index (χ1n) is 5.06. The molecule has 16 heavy (non-hydrogen) atoms. The Bertz CT molecular complexity index is 354. The second-order valence-electron chi connectivity index (χ2n) is 3.20. The summed E-state index contributed by atoms with van der Waals surface area (Å²) in [6.07, 6.45) is 0.388. The Balaban J connectivity index is 2.83. The van der Waals surface area contributed by atoms with Crippen molar-refractivity contribution in [3.8, 4) is 0 Å². The van der Waals surface area contributed by atoms with Crippen molar-refractivity contribution in [2.24, 2.45) is 5.73 Å². The monoisotopic (exact) mass is 221 g/mol. The van der Waals surface area contributed by atoms with E-state index in [9.17, 15) is 9.59 Å². The molecule has 0 unspecified atom stereocenters. The molecule has 5 nitrogen and oxygen atoms in total. The first-order chi connectivity index (χ1) is 7.67. The van der Waals surface area contributed by atoms with E-state index in [4.69, 9.17) is 5.73 Å². The van der Waals surface area contributed by atoms with Gasteiger partial charge in [0.15, 0.2) is 0 Å². The summed E-state index contributed by atoms with van der Waals surface area (Å²) in [5.41, 5.74) is 6.33. The van der Waals surface area contributed by atoms with Crippen LogP contribution in [-0.4, -0.2) is 18.4 Å². The minimum atomic E-state index is -0.293. The smallest absolute Gasteiger partial charge is 0.238 e. The number of nitrogens with one attached hydrogen (secondary N) is 2. The van der Waals surface area contributed by atoms with Gasteiger partial charge in [-0.2, -0.15) is 0 Å². The Morgan fingerprint density at radius 2 is 1.62 bits per heavy atom. The fourth-order valence-corrected chi connectivity index (χ4v) is 1.14. The van der Waals surface area contributed by atoms with E-state index in [0.717, 1.165) is 0 Å². The van der Waals surface area contributed by atoms with Gasteiger partial charge in [0.1, 0.15) is 0 Å². The summed E-state index contributed by atoms with van der Waals surface area (Å²) in [7, 11) is 0. The van der Waals surface area contributed by atoms with Crippen LogP contribution in [0.25, 0.3) is 0 Å². The van der Waals surface area contributed by atoms with Crippen molar-refractivity contribution < 1.29 is 9.59 Å². The number of para-hydroxylation sites is 2. The number of amides is 2. The molecule has 1 rings (SSSR count). The maximum absolute atomic E-state index is 11.2. The van der Waals surface area contributed by atoms with Gasteiger partial charge in [-0.1, -0.05) is 19.1 Å². The highest BCUT2D eigenvalue weighted by Gasteiger charge is 2.06. The van der Waals surface area contributed by atoms with Gasteiger partial charge in [-0.3, -0.25) is 9.59 Å². The molecule has 0 heterocycles. The standard InChI is InChI=1S/C11H15N3O2/c1-2-10(15)13-8-5-3-4-6-9(8)14-11(16)7-12/h3-6H,2,7,12H2,1H3,(H,13,15)(H,14,16). The van der Waals surface area contributed by atoms with Crippen molar-refractivity contribution in [3.05, 3.63) is 24.3 Å². The normalized spacial score (nSPS) is 9.62. The van der Waals surface area contributed by atoms with E-state index in [2.05, 4.69) is 10.6 Å². The number of anilines is 2. The molecule has 2 amide bonds. The van der Waals surface area contributed by atoms with Crippen molar-refractivity contribution in [2.75, 3.05) is 17.2 Å². The van der Waals surface area contributed by atoms with Crippen molar-refractivity contribution in [3.63, 3.8) is 0 Å². The Morgan fingerprint density at radius 3 is 2.06 bits per heavy atom. The molecule has 5 heteroatoms.